The van der Waals surface area contributed by atoms with Crippen molar-refractivity contribution in [3.05, 3.63) is 92.9 Å². The summed E-state index contributed by atoms with van der Waals surface area (Å²) in [5, 5.41) is 0.524. The van der Waals surface area contributed by atoms with Gasteiger partial charge in [0, 0.05) is 6.54 Å². The van der Waals surface area contributed by atoms with E-state index in [1.807, 2.05) is 38.1 Å². The van der Waals surface area contributed by atoms with Crippen molar-refractivity contribution in [2.75, 3.05) is 6.54 Å². The maximum atomic E-state index is 13.6. The number of rotatable bonds is 3. The van der Waals surface area contributed by atoms with Gasteiger partial charge in [0.2, 0.25) is 5.76 Å². The molecule has 0 fully saturated rings. The lowest BCUT2D eigenvalue weighted by atomic mass is 9.86. The summed E-state index contributed by atoms with van der Waals surface area (Å²) in [4.78, 5) is 28.4. The summed E-state index contributed by atoms with van der Waals surface area (Å²) in [7, 11) is 0. The first-order valence-electron chi connectivity index (χ1n) is 10.2. The van der Waals surface area contributed by atoms with Crippen molar-refractivity contribution in [3.8, 4) is 0 Å². The van der Waals surface area contributed by atoms with Crippen LogP contribution in [0.15, 0.2) is 58.3 Å². The second kappa shape index (κ2) is 6.98. The molecule has 1 unspecified atom stereocenters. The Morgan fingerprint density at radius 3 is 2.37 bits per heavy atom. The zero-order valence-electron chi connectivity index (χ0n) is 18.2. The van der Waals surface area contributed by atoms with Crippen LogP contribution in [0, 0.1) is 13.8 Å². The third kappa shape index (κ3) is 3.07. The van der Waals surface area contributed by atoms with Gasteiger partial charge in [-0.05, 0) is 47.6 Å². The highest BCUT2D eigenvalue weighted by Gasteiger charge is 2.42. The van der Waals surface area contributed by atoms with Crippen molar-refractivity contribution in [2.45, 2.75) is 46.1 Å². The highest BCUT2D eigenvalue weighted by Crippen LogP contribution is 2.39. The molecule has 0 aliphatic carbocycles. The minimum absolute atomic E-state index is 0.0209. The van der Waals surface area contributed by atoms with E-state index in [0.717, 1.165) is 16.7 Å². The summed E-state index contributed by atoms with van der Waals surface area (Å²) in [6, 6.07) is 11.5. The molecular formula is C26H27NO3. The van der Waals surface area contributed by atoms with Crippen molar-refractivity contribution in [1.82, 2.24) is 4.90 Å². The number of hydrogen-bond donors (Lipinski definition) is 0. The zero-order chi connectivity index (χ0) is 21.8. The zero-order valence-corrected chi connectivity index (χ0v) is 18.2. The lowest BCUT2D eigenvalue weighted by Crippen LogP contribution is -2.29. The molecule has 2 aromatic carbocycles. The van der Waals surface area contributed by atoms with Crippen molar-refractivity contribution in [2.24, 2.45) is 0 Å². The van der Waals surface area contributed by atoms with Crippen molar-refractivity contribution >= 4 is 16.9 Å². The Labute approximate surface area is 176 Å². The van der Waals surface area contributed by atoms with Gasteiger partial charge >= 0.3 is 0 Å². The van der Waals surface area contributed by atoms with Gasteiger partial charge in [-0.25, -0.2) is 0 Å². The Morgan fingerprint density at radius 2 is 1.77 bits per heavy atom. The monoisotopic (exact) mass is 401 g/mol. The highest BCUT2D eigenvalue weighted by molar-refractivity contribution is 5.99. The average Bonchev–Trinajstić information content (AvgIpc) is 2.95. The number of amides is 1. The molecule has 0 saturated heterocycles. The van der Waals surface area contributed by atoms with Gasteiger partial charge in [-0.2, -0.15) is 0 Å². The number of fused-ring (bicyclic) bond motifs is 2. The number of aryl methyl sites for hydroxylation is 2. The third-order valence-electron chi connectivity index (χ3n) is 5.82. The van der Waals surface area contributed by atoms with E-state index in [1.54, 1.807) is 11.0 Å². The van der Waals surface area contributed by atoms with E-state index in [4.69, 9.17) is 4.42 Å². The number of hydrogen-bond acceptors (Lipinski definition) is 3. The van der Waals surface area contributed by atoms with Gasteiger partial charge in [-0.1, -0.05) is 57.2 Å². The summed E-state index contributed by atoms with van der Waals surface area (Å²) >= 11 is 0. The van der Waals surface area contributed by atoms with Crippen LogP contribution in [0.4, 0.5) is 0 Å². The molecule has 3 aromatic rings. The highest BCUT2D eigenvalue weighted by atomic mass is 16.3. The molecule has 1 aromatic heterocycles. The molecule has 30 heavy (non-hydrogen) atoms. The molecule has 0 radical (unpaired) electrons. The normalized spacial score (nSPS) is 16.2. The lowest BCUT2D eigenvalue weighted by Gasteiger charge is -2.25. The van der Waals surface area contributed by atoms with Gasteiger partial charge in [0.05, 0.1) is 17.0 Å². The molecule has 0 N–H and O–H groups in total. The molecule has 1 aliphatic heterocycles. The molecule has 0 bridgehead atoms. The van der Waals surface area contributed by atoms with E-state index in [-0.39, 0.29) is 22.5 Å². The van der Waals surface area contributed by atoms with E-state index < -0.39 is 6.04 Å². The van der Waals surface area contributed by atoms with Crippen LogP contribution in [-0.2, 0) is 5.41 Å². The topological polar surface area (TPSA) is 50.5 Å². The maximum Gasteiger partial charge on any atom is 0.291 e. The summed E-state index contributed by atoms with van der Waals surface area (Å²) in [5.41, 5.74) is 4.73. The van der Waals surface area contributed by atoms with Gasteiger partial charge in [0.15, 0.2) is 5.43 Å². The molecule has 1 atom stereocenters. The second-order valence-corrected chi connectivity index (χ2v) is 9.15. The van der Waals surface area contributed by atoms with E-state index in [2.05, 4.69) is 39.5 Å². The fourth-order valence-corrected chi connectivity index (χ4v) is 4.31. The largest absolute Gasteiger partial charge is 0.450 e. The van der Waals surface area contributed by atoms with Gasteiger partial charge in [0.25, 0.3) is 5.91 Å². The lowest BCUT2D eigenvalue weighted by molar-refractivity contribution is 0.0748. The molecule has 4 nitrogen and oxygen atoms in total. The van der Waals surface area contributed by atoms with Crippen LogP contribution < -0.4 is 5.43 Å². The first-order chi connectivity index (χ1) is 14.1. The number of nitrogens with zero attached hydrogens (tertiary/aromatic N) is 1. The summed E-state index contributed by atoms with van der Waals surface area (Å²) in [6.07, 6.45) is 1.68. The minimum atomic E-state index is -0.485. The molecule has 1 aliphatic rings. The predicted octanol–water partition coefficient (Wildman–Crippen LogP) is 5.44. The van der Waals surface area contributed by atoms with E-state index in [9.17, 15) is 9.59 Å². The molecule has 2 heterocycles. The summed E-state index contributed by atoms with van der Waals surface area (Å²) in [6.45, 7) is 14.5. The molecular weight excluding hydrogens is 374 g/mol. The Morgan fingerprint density at radius 1 is 1.10 bits per heavy atom. The van der Waals surface area contributed by atoms with Crippen LogP contribution >= 0.6 is 0 Å². The van der Waals surface area contributed by atoms with Crippen LogP contribution in [0.5, 0.6) is 0 Å². The Bertz CT molecular complexity index is 1230. The minimum Gasteiger partial charge on any atom is -0.450 e. The second-order valence-electron chi connectivity index (χ2n) is 9.15. The van der Waals surface area contributed by atoms with Gasteiger partial charge in [-0.3, -0.25) is 9.59 Å². The van der Waals surface area contributed by atoms with E-state index in [0.29, 0.717) is 23.1 Å². The first kappa shape index (κ1) is 20.1. The van der Waals surface area contributed by atoms with Gasteiger partial charge in [0.1, 0.15) is 5.58 Å². The quantitative estimate of drug-likeness (QED) is 0.549. The van der Waals surface area contributed by atoms with Crippen LogP contribution in [-0.4, -0.2) is 17.4 Å². The molecule has 0 spiro atoms. The first-order valence-corrected chi connectivity index (χ1v) is 10.2. The van der Waals surface area contributed by atoms with Crippen LogP contribution in [0.3, 0.4) is 0 Å². The van der Waals surface area contributed by atoms with E-state index >= 15 is 0 Å². The summed E-state index contributed by atoms with van der Waals surface area (Å²) < 4.78 is 6.06. The Kier molecular flexibility index (Phi) is 4.69. The van der Waals surface area contributed by atoms with Crippen LogP contribution in [0.1, 0.15) is 65.2 Å². The smallest absolute Gasteiger partial charge is 0.291 e. The Balaban J connectivity index is 1.97. The molecule has 4 rings (SSSR count). The predicted molar refractivity (Wildman–Crippen MR) is 120 cm³/mol. The number of benzene rings is 2. The summed E-state index contributed by atoms with van der Waals surface area (Å²) in [5.74, 6) is -0.125. The van der Waals surface area contributed by atoms with E-state index in [1.165, 1.54) is 5.56 Å². The SMILES string of the molecule is C=CCN1C(=O)c2oc3c(C)cc(C)cc3c(=O)c2C1c1ccc(C(C)(C)C)cc1. The molecule has 4 heteroatoms. The number of carbonyl (C=O) groups excluding carboxylic acids is 1. The fraction of sp³-hybridized carbons (Fsp3) is 0.308. The third-order valence-corrected chi connectivity index (χ3v) is 5.82. The van der Waals surface area contributed by atoms with Crippen LogP contribution in [0.25, 0.3) is 11.0 Å². The molecule has 1 amide bonds. The Hall–Kier alpha value is -3.14. The van der Waals surface area contributed by atoms with Gasteiger partial charge < -0.3 is 9.32 Å². The molecule has 154 valence electrons. The average molecular weight is 402 g/mol. The fourth-order valence-electron chi connectivity index (χ4n) is 4.31. The van der Waals surface area contributed by atoms with Crippen molar-refractivity contribution in [1.29, 1.82) is 0 Å². The maximum absolute atomic E-state index is 13.6. The standard InChI is InChI=1S/C26H27NO3/c1-7-12-27-21(17-8-10-18(11-9-17)26(4,5)6)20-22(28)19-14-15(2)13-16(3)23(19)30-24(20)25(27)29/h7-11,13-14,21H,1,12H2,2-6H3. The number of carbonyl (C=O) groups is 1. The molecule has 0 saturated carbocycles. The van der Waals surface area contributed by atoms with Gasteiger partial charge in [-0.15, -0.1) is 6.58 Å². The van der Waals surface area contributed by atoms with Crippen LogP contribution in [0.2, 0.25) is 0 Å². The van der Waals surface area contributed by atoms with Crippen molar-refractivity contribution < 1.29 is 9.21 Å². The van der Waals surface area contributed by atoms with Crippen molar-refractivity contribution in [3.63, 3.8) is 0 Å².